The van der Waals surface area contributed by atoms with Gasteiger partial charge in [-0.25, -0.2) is 4.72 Å². The van der Waals surface area contributed by atoms with E-state index in [4.69, 9.17) is 0 Å². The highest BCUT2D eigenvalue weighted by atomic mass is 32.2. The Morgan fingerprint density at radius 2 is 1.69 bits per heavy atom. The SMILES string of the molecule is CNC(C)c1ccc(NS(=O)(=O)NC)cc1. The molecule has 0 spiro atoms. The Bertz CT molecular complexity index is 428. The van der Waals surface area contributed by atoms with Gasteiger partial charge in [0, 0.05) is 18.8 Å². The Morgan fingerprint density at radius 1 is 1.12 bits per heavy atom. The van der Waals surface area contributed by atoms with Gasteiger partial charge in [0.15, 0.2) is 0 Å². The molecular weight excluding hydrogens is 226 g/mol. The number of hydrogen-bond acceptors (Lipinski definition) is 3. The lowest BCUT2D eigenvalue weighted by atomic mass is 10.1. The average molecular weight is 243 g/mol. The molecule has 0 aliphatic heterocycles. The normalized spacial score (nSPS) is 13.4. The molecule has 0 fully saturated rings. The monoisotopic (exact) mass is 243 g/mol. The molecule has 0 saturated heterocycles. The molecule has 3 N–H and O–H groups in total. The Kier molecular flexibility index (Phi) is 4.28. The molecule has 0 heterocycles. The zero-order valence-corrected chi connectivity index (χ0v) is 10.4. The molecule has 0 amide bonds. The summed E-state index contributed by atoms with van der Waals surface area (Å²) in [4.78, 5) is 0. The second-order valence-electron chi connectivity index (χ2n) is 3.44. The van der Waals surface area contributed by atoms with Crippen LogP contribution < -0.4 is 14.8 Å². The van der Waals surface area contributed by atoms with Crippen molar-refractivity contribution in [3.8, 4) is 0 Å². The maximum absolute atomic E-state index is 11.2. The van der Waals surface area contributed by atoms with Crippen molar-refractivity contribution in [1.29, 1.82) is 0 Å². The van der Waals surface area contributed by atoms with Crippen molar-refractivity contribution < 1.29 is 8.42 Å². The first kappa shape index (κ1) is 13.0. The van der Waals surface area contributed by atoms with E-state index in [9.17, 15) is 8.42 Å². The van der Waals surface area contributed by atoms with Crippen LogP contribution in [0, 0.1) is 0 Å². The number of anilines is 1. The minimum absolute atomic E-state index is 0.245. The van der Waals surface area contributed by atoms with Gasteiger partial charge >= 0.3 is 0 Å². The molecule has 0 aliphatic carbocycles. The average Bonchev–Trinajstić information content (AvgIpc) is 2.28. The quantitative estimate of drug-likeness (QED) is 0.718. The van der Waals surface area contributed by atoms with Crippen LogP contribution >= 0.6 is 0 Å². The minimum atomic E-state index is -3.43. The molecule has 90 valence electrons. The van der Waals surface area contributed by atoms with E-state index in [0.717, 1.165) is 5.56 Å². The van der Waals surface area contributed by atoms with Crippen LogP contribution in [0.5, 0.6) is 0 Å². The summed E-state index contributed by atoms with van der Waals surface area (Å²) in [6.07, 6.45) is 0. The van der Waals surface area contributed by atoms with Gasteiger partial charge in [-0.2, -0.15) is 8.42 Å². The molecule has 0 aromatic heterocycles. The molecule has 1 rings (SSSR count). The number of nitrogens with one attached hydrogen (secondary N) is 3. The molecule has 1 aromatic rings. The molecule has 0 radical (unpaired) electrons. The predicted octanol–water partition coefficient (Wildman–Crippen LogP) is 0.843. The predicted molar refractivity (Wildman–Crippen MR) is 65.5 cm³/mol. The Hall–Kier alpha value is -1.11. The maximum Gasteiger partial charge on any atom is 0.298 e. The highest BCUT2D eigenvalue weighted by Crippen LogP contribution is 2.15. The van der Waals surface area contributed by atoms with Crippen molar-refractivity contribution in [2.75, 3.05) is 18.8 Å². The van der Waals surface area contributed by atoms with Gasteiger partial charge in [0.05, 0.1) is 0 Å². The first-order valence-corrected chi connectivity index (χ1v) is 6.45. The van der Waals surface area contributed by atoms with Gasteiger partial charge in [0.2, 0.25) is 0 Å². The molecule has 0 bridgehead atoms. The summed E-state index contributed by atoms with van der Waals surface area (Å²) >= 11 is 0. The van der Waals surface area contributed by atoms with E-state index >= 15 is 0 Å². The van der Waals surface area contributed by atoms with Crippen LogP contribution in [0.4, 0.5) is 5.69 Å². The minimum Gasteiger partial charge on any atom is -0.313 e. The summed E-state index contributed by atoms with van der Waals surface area (Å²) in [7, 11) is -0.189. The Morgan fingerprint density at radius 3 is 2.12 bits per heavy atom. The zero-order valence-electron chi connectivity index (χ0n) is 9.61. The largest absolute Gasteiger partial charge is 0.313 e. The fourth-order valence-electron chi connectivity index (χ4n) is 1.21. The molecule has 1 aromatic carbocycles. The lowest BCUT2D eigenvalue weighted by Gasteiger charge is -2.11. The van der Waals surface area contributed by atoms with Crippen molar-refractivity contribution in [3.63, 3.8) is 0 Å². The Balaban J connectivity index is 2.80. The van der Waals surface area contributed by atoms with Gasteiger partial charge in [-0.1, -0.05) is 12.1 Å². The first-order valence-electron chi connectivity index (χ1n) is 4.97. The van der Waals surface area contributed by atoms with E-state index in [2.05, 4.69) is 14.8 Å². The van der Waals surface area contributed by atoms with Gasteiger partial charge in [0.1, 0.15) is 0 Å². The molecular formula is C10H17N3O2S. The third-order valence-electron chi connectivity index (χ3n) is 2.36. The fourth-order valence-corrected chi connectivity index (χ4v) is 1.76. The number of hydrogen-bond donors (Lipinski definition) is 3. The smallest absolute Gasteiger partial charge is 0.298 e. The van der Waals surface area contributed by atoms with E-state index in [1.165, 1.54) is 7.05 Å². The summed E-state index contributed by atoms with van der Waals surface area (Å²) in [5, 5.41) is 3.11. The van der Waals surface area contributed by atoms with Crippen LogP contribution in [0.1, 0.15) is 18.5 Å². The lowest BCUT2D eigenvalue weighted by Crippen LogP contribution is -2.26. The van der Waals surface area contributed by atoms with Crippen molar-refractivity contribution in [3.05, 3.63) is 29.8 Å². The first-order chi connectivity index (χ1) is 7.48. The van der Waals surface area contributed by atoms with E-state index in [1.54, 1.807) is 12.1 Å². The van der Waals surface area contributed by atoms with Crippen molar-refractivity contribution in [2.24, 2.45) is 0 Å². The van der Waals surface area contributed by atoms with Crippen LogP contribution in [-0.4, -0.2) is 22.5 Å². The second kappa shape index (κ2) is 5.29. The van der Waals surface area contributed by atoms with E-state index in [1.807, 2.05) is 26.1 Å². The van der Waals surface area contributed by atoms with E-state index < -0.39 is 10.2 Å². The maximum atomic E-state index is 11.2. The van der Waals surface area contributed by atoms with Crippen molar-refractivity contribution in [1.82, 2.24) is 10.0 Å². The lowest BCUT2D eigenvalue weighted by molar-refractivity contribution is 0.593. The molecule has 5 nitrogen and oxygen atoms in total. The topological polar surface area (TPSA) is 70.2 Å². The molecule has 6 heteroatoms. The summed E-state index contributed by atoms with van der Waals surface area (Å²) in [5.74, 6) is 0. The van der Waals surface area contributed by atoms with Crippen molar-refractivity contribution in [2.45, 2.75) is 13.0 Å². The van der Waals surface area contributed by atoms with Crippen LogP contribution in [0.15, 0.2) is 24.3 Å². The van der Waals surface area contributed by atoms with Crippen LogP contribution in [0.3, 0.4) is 0 Å². The molecule has 1 unspecified atom stereocenters. The number of benzene rings is 1. The van der Waals surface area contributed by atoms with E-state index in [0.29, 0.717) is 5.69 Å². The summed E-state index contributed by atoms with van der Waals surface area (Å²) in [6.45, 7) is 2.03. The van der Waals surface area contributed by atoms with Crippen molar-refractivity contribution >= 4 is 15.9 Å². The third-order valence-corrected chi connectivity index (χ3v) is 3.41. The summed E-state index contributed by atoms with van der Waals surface area (Å²) in [6, 6.07) is 7.48. The third kappa shape index (κ3) is 3.48. The van der Waals surface area contributed by atoms with Gasteiger partial charge in [-0.05, 0) is 31.7 Å². The highest BCUT2D eigenvalue weighted by Gasteiger charge is 2.06. The number of rotatable bonds is 5. The summed E-state index contributed by atoms with van der Waals surface area (Å²) in [5.41, 5.74) is 1.65. The van der Waals surface area contributed by atoms with Gasteiger partial charge < -0.3 is 5.32 Å². The van der Waals surface area contributed by atoms with E-state index in [-0.39, 0.29) is 6.04 Å². The van der Waals surface area contributed by atoms with Gasteiger partial charge in [0.25, 0.3) is 10.2 Å². The van der Waals surface area contributed by atoms with Gasteiger partial charge in [-0.3, -0.25) is 4.72 Å². The molecule has 0 aliphatic rings. The van der Waals surface area contributed by atoms with Crippen LogP contribution in [0.2, 0.25) is 0 Å². The molecule has 1 atom stereocenters. The molecule has 0 saturated carbocycles. The fraction of sp³-hybridized carbons (Fsp3) is 0.400. The Labute approximate surface area is 96.4 Å². The van der Waals surface area contributed by atoms with Gasteiger partial charge in [-0.15, -0.1) is 0 Å². The standard InChI is InChI=1S/C10H17N3O2S/c1-8(11-2)9-4-6-10(7-5-9)13-16(14,15)12-3/h4-8,11-13H,1-3H3. The molecule has 16 heavy (non-hydrogen) atoms. The van der Waals surface area contributed by atoms with Crippen LogP contribution in [0.25, 0.3) is 0 Å². The highest BCUT2D eigenvalue weighted by molar-refractivity contribution is 7.90. The second-order valence-corrected chi connectivity index (χ2v) is 5.06. The summed E-state index contributed by atoms with van der Waals surface area (Å²) < 4.78 is 27.0. The van der Waals surface area contributed by atoms with Crippen LogP contribution in [-0.2, 0) is 10.2 Å². The zero-order chi connectivity index (χ0) is 12.2.